The monoisotopic (exact) mass is 334 g/mol. The van der Waals surface area contributed by atoms with Gasteiger partial charge in [-0.25, -0.2) is 13.1 Å². The Kier molecular flexibility index (Phi) is 6.28. The predicted molar refractivity (Wildman–Crippen MR) is 77.0 cm³/mol. The van der Waals surface area contributed by atoms with Crippen LogP contribution in [0.1, 0.15) is 25.3 Å². The van der Waals surface area contributed by atoms with Gasteiger partial charge in [0.1, 0.15) is 0 Å². The first-order valence-electron chi connectivity index (χ1n) is 5.94. The van der Waals surface area contributed by atoms with Gasteiger partial charge in [0.15, 0.2) is 0 Å². The molecule has 102 valence electrons. The summed E-state index contributed by atoms with van der Waals surface area (Å²) in [5.41, 5.74) is 0.941. The standard InChI is InChI=1S/C12H19BrN2O2S/c1-3-4-7-15-18(16,17)12-8-10(9-14-2)5-6-11(12)13/h5-6,8,14-15H,3-4,7,9H2,1-2H3. The van der Waals surface area contributed by atoms with E-state index in [9.17, 15) is 8.42 Å². The second kappa shape index (κ2) is 7.23. The molecule has 0 spiro atoms. The van der Waals surface area contributed by atoms with Crippen LogP contribution in [-0.2, 0) is 16.6 Å². The lowest BCUT2D eigenvalue weighted by Gasteiger charge is -2.10. The molecule has 0 heterocycles. The van der Waals surface area contributed by atoms with Gasteiger partial charge >= 0.3 is 0 Å². The molecular weight excluding hydrogens is 316 g/mol. The Morgan fingerprint density at radius 2 is 2.06 bits per heavy atom. The number of sulfonamides is 1. The molecule has 1 aromatic rings. The molecule has 6 heteroatoms. The summed E-state index contributed by atoms with van der Waals surface area (Å²) >= 11 is 3.29. The summed E-state index contributed by atoms with van der Waals surface area (Å²) in [6.07, 6.45) is 1.80. The van der Waals surface area contributed by atoms with Gasteiger partial charge in [0, 0.05) is 17.6 Å². The summed E-state index contributed by atoms with van der Waals surface area (Å²) in [5.74, 6) is 0. The number of nitrogens with one attached hydrogen (secondary N) is 2. The normalized spacial score (nSPS) is 11.7. The Bertz CT molecular complexity index is 489. The van der Waals surface area contributed by atoms with E-state index in [1.165, 1.54) is 0 Å². The van der Waals surface area contributed by atoms with Gasteiger partial charge in [-0.3, -0.25) is 0 Å². The Labute approximate surface area is 117 Å². The molecule has 0 radical (unpaired) electrons. The van der Waals surface area contributed by atoms with Crippen LogP contribution < -0.4 is 10.0 Å². The van der Waals surface area contributed by atoms with Crippen molar-refractivity contribution in [3.63, 3.8) is 0 Å². The molecule has 0 bridgehead atoms. The molecule has 0 aromatic heterocycles. The first kappa shape index (κ1) is 15.6. The molecule has 0 unspecified atom stereocenters. The molecule has 0 saturated carbocycles. The topological polar surface area (TPSA) is 58.2 Å². The van der Waals surface area contributed by atoms with Gasteiger partial charge < -0.3 is 5.32 Å². The molecule has 18 heavy (non-hydrogen) atoms. The highest BCUT2D eigenvalue weighted by atomic mass is 79.9. The van der Waals surface area contributed by atoms with Crippen LogP contribution in [-0.4, -0.2) is 22.0 Å². The molecule has 0 aliphatic rings. The third-order valence-electron chi connectivity index (χ3n) is 2.49. The third-order valence-corrected chi connectivity index (χ3v) is 4.94. The smallest absolute Gasteiger partial charge is 0.241 e. The SMILES string of the molecule is CCCCNS(=O)(=O)c1cc(CNC)ccc1Br. The van der Waals surface area contributed by atoms with E-state index in [0.29, 0.717) is 22.5 Å². The van der Waals surface area contributed by atoms with Crippen LogP contribution in [0.4, 0.5) is 0 Å². The van der Waals surface area contributed by atoms with Crippen molar-refractivity contribution >= 4 is 26.0 Å². The van der Waals surface area contributed by atoms with Crippen molar-refractivity contribution in [1.29, 1.82) is 0 Å². The fourth-order valence-corrected chi connectivity index (χ4v) is 3.61. The maximum Gasteiger partial charge on any atom is 0.241 e. The highest BCUT2D eigenvalue weighted by Crippen LogP contribution is 2.23. The van der Waals surface area contributed by atoms with Gasteiger partial charge in [0.25, 0.3) is 0 Å². The maximum atomic E-state index is 12.1. The molecular formula is C12H19BrN2O2S. The molecule has 1 aromatic carbocycles. The van der Waals surface area contributed by atoms with Crippen molar-refractivity contribution in [3.05, 3.63) is 28.2 Å². The minimum Gasteiger partial charge on any atom is -0.316 e. The predicted octanol–water partition coefficient (Wildman–Crippen LogP) is 2.25. The lowest BCUT2D eigenvalue weighted by atomic mass is 10.2. The van der Waals surface area contributed by atoms with Crippen molar-refractivity contribution in [2.45, 2.75) is 31.2 Å². The van der Waals surface area contributed by atoms with Gasteiger partial charge in [-0.2, -0.15) is 0 Å². The number of benzene rings is 1. The first-order chi connectivity index (χ1) is 8.51. The van der Waals surface area contributed by atoms with Crippen molar-refractivity contribution in [1.82, 2.24) is 10.0 Å². The molecule has 0 fully saturated rings. The fourth-order valence-electron chi connectivity index (χ4n) is 1.53. The molecule has 2 N–H and O–H groups in total. The quantitative estimate of drug-likeness (QED) is 0.752. The zero-order chi connectivity index (χ0) is 13.6. The summed E-state index contributed by atoms with van der Waals surface area (Å²) in [5, 5.41) is 3.00. The molecule has 0 aliphatic carbocycles. The van der Waals surface area contributed by atoms with Gasteiger partial charge in [-0.05, 0) is 47.1 Å². The Morgan fingerprint density at radius 3 is 2.67 bits per heavy atom. The zero-order valence-electron chi connectivity index (χ0n) is 10.7. The molecule has 1 rings (SSSR count). The largest absolute Gasteiger partial charge is 0.316 e. The van der Waals surface area contributed by atoms with Crippen LogP contribution in [0.5, 0.6) is 0 Å². The summed E-state index contributed by atoms with van der Waals surface area (Å²) < 4.78 is 27.4. The van der Waals surface area contributed by atoms with Gasteiger partial charge in [-0.15, -0.1) is 0 Å². The second-order valence-electron chi connectivity index (χ2n) is 4.05. The molecule has 0 saturated heterocycles. The number of halogens is 1. The molecule has 4 nitrogen and oxygen atoms in total. The minimum absolute atomic E-state index is 0.298. The number of hydrogen-bond acceptors (Lipinski definition) is 3. The van der Waals surface area contributed by atoms with Crippen molar-refractivity contribution in [2.24, 2.45) is 0 Å². The van der Waals surface area contributed by atoms with Crippen molar-refractivity contribution in [2.75, 3.05) is 13.6 Å². The van der Waals surface area contributed by atoms with E-state index < -0.39 is 10.0 Å². The fraction of sp³-hybridized carbons (Fsp3) is 0.500. The van der Waals surface area contributed by atoms with Crippen LogP contribution in [0.3, 0.4) is 0 Å². The van der Waals surface area contributed by atoms with E-state index in [-0.39, 0.29) is 0 Å². The van der Waals surface area contributed by atoms with Gasteiger partial charge in [0.2, 0.25) is 10.0 Å². The molecule has 0 aliphatic heterocycles. The minimum atomic E-state index is -3.43. The zero-order valence-corrected chi connectivity index (χ0v) is 13.1. The Balaban J connectivity index is 2.95. The molecule has 0 atom stereocenters. The Morgan fingerprint density at radius 1 is 1.33 bits per heavy atom. The van der Waals surface area contributed by atoms with Gasteiger partial charge in [-0.1, -0.05) is 19.4 Å². The van der Waals surface area contributed by atoms with Crippen molar-refractivity contribution in [3.8, 4) is 0 Å². The van der Waals surface area contributed by atoms with Crippen molar-refractivity contribution < 1.29 is 8.42 Å². The summed E-state index contributed by atoms with van der Waals surface area (Å²) in [7, 11) is -1.60. The summed E-state index contributed by atoms with van der Waals surface area (Å²) in [6.45, 7) is 3.14. The maximum absolute atomic E-state index is 12.1. The average Bonchev–Trinajstić information content (AvgIpc) is 2.32. The van der Waals surface area contributed by atoms with E-state index in [1.54, 1.807) is 12.1 Å². The highest BCUT2D eigenvalue weighted by molar-refractivity contribution is 9.10. The summed E-state index contributed by atoms with van der Waals surface area (Å²) in [6, 6.07) is 5.35. The lowest BCUT2D eigenvalue weighted by molar-refractivity contribution is 0.577. The highest BCUT2D eigenvalue weighted by Gasteiger charge is 2.17. The van der Waals surface area contributed by atoms with Crippen LogP contribution >= 0.6 is 15.9 Å². The number of unbranched alkanes of at least 4 members (excludes halogenated alkanes) is 1. The van der Waals surface area contributed by atoms with E-state index >= 15 is 0 Å². The van der Waals surface area contributed by atoms with Crippen LogP contribution in [0, 0.1) is 0 Å². The number of hydrogen-bond donors (Lipinski definition) is 2. The van der Waals surface area contributed by atoms with Crippen LogP contribution in [0.15, 0.2) is 27.6 Å². The average molecular weight is 335 g/mol. The van der Waals surface area contributed by atoms with Gasteiger partial charge in [0.05, 0.1) is 4.90 Å². The Hall–Kier alpha value is -0.430. The summed E-state index contributed by atoms with van der Waals surface area (Å²) in [4.78, 5) is 0.298. The molecule has 0 amide bonds. The number of rotatable bonds is 7. The van der Waals surface area contributed by atoms with Crippen LogP contribution in [0.25, 0.3) is 0 Å². The van der Waals surface area contributed by atoms with E-state index in [1.807, 2.05) is 20.0 Å². The van der Waals surface area contributed by atoms with E-state index in [4.69, 9.17) is 0 Å². The van der Waals surface area contributed by atoms with Crippen LogP contribution in [0.2, 0.25) is 0 Å². The van der Waals surface area contributed by atoms with E-state index in [0.717, 1.165) is 18.4 Å². The first-order valence-corrected chi connectivity index (χ1v) is 8.21. The lowest BCUT2D eigenvalue weighted by Crippen LogP contribution is -2.25. The second-order valence-corrected chi connectivity index (χ2v) is 6.64. The van der Waals surface area contributed by atoms with E-state index in [2.05, 4.69) is 26.0 Å². The third kappa shape index (κ3) is 4.35.